The predicted octanol–water partition coefficient (Wildman–Crippen LogP) is 2.15. The molecule has 1 aliphatic carbocycles. The summed E-state index contributed by atoms with van der Waals surface area (Å²) in [6, 6.07) is 6.93. The highest BCUT2D eigenvalue weighted by molar-refractivity contribution is 5.98. The van der Waals surface area contributed by atoms with Gasteiger partial charge in [0.2, 0.25) is 0 Å². The van der Waals surface area contributed by atoms with Crippen molar-refractivity contribution in [1.29, 1.82) is 0 Å². The Labute approximate surface area is 165 Å². The highest BCUT2D eigenvalue weighted by Gasteiger charge is 2.41. The lowest BCUT2D eigenvalue weighted by Crippen LogP contribution is -2.54. The Kier molecular flexibility index (Phi) is 5.64. The van der Waals surface area contributed by atoms with Crippen LogP contribution >= 0.6 is 0 Å². The van der Waals surface area contributed by atoms with Crippen LogP contribution in [0.25, 0.3) is 0 Å². The van der Waals surface area contributed by atoms with Gasteiger partial charge in [0.05, 0.1) is 13.2 Å². The fourth-order valence-corrected chi connectivity index (χ4v) is 4.26. The van der Waals surface area contributed by atoms with Crippen molar-refractivity contribution in [2.75, 3.05) is 20.3 Å². The van der Waals surface area contributed by atoms with E-state index in [0.29, 0.717) is 17.9 Å². The quantitative estimate of drug-likeness (QED) is 0.734. The SMILES string of the molecule is COc1ccc(C(=O)NN[C@@H]2C3=C(CCCC3)C(=O)N2C[C@@H]2CCCO2)cc1. The predicted molar refractivity (Wildman–Crippen MR) is 104 cm³/mol. The number of methoxy groups -OCH3 is 1. The minimum atomic E-state index is -0.297. The number of hydrogen-bond acceptors (Lipinski definition) is 5. The lowest BCUT2D eigenvalue weighted by atomic mass is 9.92. The van der Waals surface area contributed by atoms with E-state index in [1.165, 1.54) is 0 Å². The average molecular weight is 385 g/mol. The topological polar surface area (TPSA) is 79.9 Å². The number of benzene rings is 1. The number of nitrogens with zero attached hydrogens (tertiary/aromatic N) is 1. The van der Waals surface area contributed by atoms with Crippen molar-refractivity contribution in [3.8, 4) is 5.75 Å². The van der Waals surface area contributed by atoms with Gasteiger partial charge >= 0.3 is 0 Å². The van der Waals surface area contributed by atoms with E-state index >= 15 is 0 Å². The number of rotatable bonds is 6. The minimum absolute atomic E-state index is 0.0758. The van der Waals surface area contributed by atoms with Gasteiger partial charge in [-0.25, -0.2) is 5.43 Å². The Bertz CT molecular complexity index is 768. The number of hydrogen-bond donors (Lipinski definition) is 2. The smallest absolute Gasteiger partial charge is 0.265 e. The van der Waals surface area contributed by atoms with E-state index in [1.807, 2.05) is 4.90 Å². The second kappa shape index (κ2) is 8.32. The number of amides is 2. The molecule has 0 radical (unpaired) electrons. The van der Waals surface area contributed by atoms with E-state index in [2.05, 4.69) is 10.9 Å². The van der Waals surface area contributed by atoms with Crippen LogP contribution in [-0.2, 0) is 9.53 Å². The molecule has 28 heavy (non-hydrogen) atoms. The fourth-order valence-electron chi connectivity index (χ4n) is 4.26. The van der Waals surface area contributed by atoms with Gasteiger partial charge in [0.15, 0.2) is 0 Å². The molecule has 1 aromatic rings. The molecule has 2 atom stereocenters. The molecule has 7 heteroatoms. The standard InChI is InChI=1S/C21H27N3O4/c1-27-15-10-8-14(9-11-15)20(25)23-22-19-17-6-2-3-7-18(17)21(26)24(19)13-16-5-4-12-28-16/h8-11,16,19,22H,2-7,12-13H2,1H3,(H,23,25)/t16-,19-/m0/s1. The largest absolute Gasteiger partial charge is 0.497 e. The van der Waals surface area contributed by atoms with Crippen molar-refractivity contribution in [3.05, 3.63) is 41.0 Å². The summed E-state index contributed by atoms with van der Waals surface area (Å²) in [5.41, 5.74) is 8.47. The van der Waals surface area contributed by atoms with E-state index in [0.717, 1.165) is 56.3 Å². The van der Waals surface area contributed by atoms with Gasteiger partial charge in [-0.3, -0.25) is 15.0 Å². The molecule has 4 rings (SSSR count). The summed E-state index contributed by atoms with van der Waals surface area (Å²) in [7, 11) is 1.59. The summed E-state index contributed by atoms with van der Waals surface area (Å²) in [6.07, 6.45) is 5.61. The molecule has 2 aliphatic heterocycles. The third-order valence-electron chi connectivity index (χ3n) is 5.77. The number of ether oxygens (including phenoxy) is 2. The summed E-state index contributed by atoms with van der Waals surface area (Å²) >= 11 is 0. The molecule has 3 aliphatic rings. The zero-order chi connectivity index (χ0) is 19.5. The molecule has 2 N–H and O–H groups in total. The third kappa shape index (κ3) is 3.77. The zero-order valence-corrected chi connectivity index (χ0v) is 16.2. The van der Waals surface area contributed by atoms with Gasteiger partial charge in [0, 0.05) is 24.3 Å². The summed E-state index contributed by atoms with van der Waals surface area (Å²) in [5.74, 6) is 0.545. The Morgan fingerprint density at radius 2 is 2.00 bits per heavy atom. The van der Waals surface area contributed by atoms with Crippen molar-refractivity contribution in [2.45, 2.75) is 50.8 Å². The fraction of sp³-hybridized carbons (Fsp3) is 0.524. The first kappa shape index (κ1) is 19.0. The molecule has 0 saturated carbocycles. The van der Waals surface area contributed by atoms with Crippen LogP contribution in [0.4, 0.5) is 0 Å². The van der Waals surface area contributed by atoms with Gasteiger partial charge in [-0.05, 0) is 68.4 Å². The maximum Gasteiger partial charge on any atom is 0.265 e. The summed E-state index contributed by atoms with van der Waals surface area (Å²) in [4.78, 5) is 27.3. The molecular weight excluding hydrogens is 358 g/mol. The average Bonchev–Trinajstić information content (AvgIpc) is 3.34. The van der Waals surface area contributed by atoms with Crippen molar-refractivity contribution < 1.29 is 19.1 Å². The Balaban J connectivity index is 1.46. The van der Waals surface area contributed by atoms with Crippen molar-refractivity contribution in [2.24, 2.45) is 0 Å². The van der Waals surface area contributed by atoms with Gasteiger partial charge in [-0.2, -0.15) is 0 Å². The second-order valence-electron chi connectivity index (χ2n) is 7.53. The van der Waals surface area contributed by atoms with Crippen molar-refractivity contribution in [3.63, 3.8) is 0 Å². The first-order valence-electron chi connectivity index (χ1n) is 10.0. The summed E-state index contributed by atoms with van der Waals surface area (Å²) in [5, 5.41) is 0. The Morgan fingerprint density at radius 3 is 2.71 bits per heavy atom. The minimum Gasteiger partial charge on any atom is -0.497 e. The Hall–Kier alpha value is -2.38. The third-order valence-corrected chi connectivity index (χ3v) is 5.77. The van der Waals surface area contributed by atoms with Crippen LogP contribution in [0.5, 0.6) is 5.75 Å². The first-order valence-corrected chi connectivity index (χ1v) is 10.0. The van der Waals surface area contributed by atoms with Crippen LogP contribution in [0, 0.1) is 0 Å². The molecule has 1 saturated heterocycles. The molecule has 150 valence electrons. The molecule has 1 aromatic carbocycles. The zero-order valence-electron chi connectivity index (χ0n) is 16.2. The maximum absolute atomic E-state index is 13.0. The lowest BCUT2D eigenvalue weighted by molar-refractivity contribution is -0.129. The van der Waals surface area contributed by atoms with Crippen LogP contribution in [0.2, 0.25) is 0 Å². The van der Waals surface area contributed by atoms with Gasteiger partial charge in [-0.15, -0.1) is 0 Å². The highest BCUT2D eigenvalue weighted by Crippen LogP contribution is 2.36. The Morgan fingerprint density at radius 1 is 1.21 bits per heavy atom. The van der Waals surface area contributed by atoms with Gasteiger partial charge in [-0.1, -0.05) is 0 Å². The van der Waals surface area contributed by atoms with E-state index in [1.54, 1.807) is 31.4 Å². The van der Waals surface area contributed by atoms with Crippen LogP contribution in [0.1, 0.15) is 48.9 Å². The number of nitrogens with one attached hydrogen (secondary N) is 2. The number of hydrazine groups is 1. The van der Waals surface area contributed by atoms with Crippen LogP contribution in [0.3, 0.4) is 0 Å². The molecule has 0 unspecified atom stereocenters. The maximum atomic E-state index is 13.0. The van der Waals surface area contributed by atoms with Gasteiger partial charge in [0.25, 0.3) is 11.8 Å². The molecule has 7 nitrogen and oxygen atoms in total. The van der Waals surface area contributed by atoms with Crippen LogP contribution in [0.15, 0.2) is 35.4 Å². The summed E-state index contributed by atoms with van der Waals surface area (Å²) < 4.78 is 10.9. The second-order valence-corrected chi connectivity index (χ2v) is 7.53. The van der Waals surface area contributed by atoms with Crippen molar-refractivity contribution in [1.82, 2.24) is 15.8 Å². The lowest BCUT2D eigenvalue weighted by Gasteiger charge is -2.30. The van der Waals surface area contributed by atoms with E-state index < -0.39 is 0 Å². The van der Waals surface area contributed by atoms with Crippen LogP contribution in [-0.4, -0.2) is 49.2 Å². The molecule has 2 amide bonds. The van der Waals surface area contributed by atoms with E-state index in [9.17, 15) is 9.59 Å². The van der Waals surface area contributed by atoms with E-state index in [4.69, 9.17) is 9.47 Å². The number of carbonyl (C=O) groups is 2. The molecule has 1 fully saturated rings. The monoisotopic (exact) mass is 385 g/mol. The number of carbonyl (C=O) groups excluding carboxylic acids is 2. The van der Waals surface area contributed by atoms with E-state index in [-0.39, 0.29) is 24.1 Å². The van der Waals surface area contributed by atoms with Gasteiger partial charge in [0.1, 0.15) is 11.9 Å². The summed E-state index contributed by atoms with van der Waals surface area (Å²) in [6.45, 7) is 1.31. The molecule has 0 bridgehead atoms. The highest BCUT2D eigenvalue weighted by atomic mass is 16.5. The normalized spacial score (nSPS) is 24.5. The molecule has 0 spiro atoms. The first-order chi connectivity index (χ1) is 13.7. The molecular formula is C21H27N3O4. The molecule has 0 aromatic heterocycles. The molecule has 2 heterocycles. The van der Waals surface area contributed by atoms with Gasteiger partial charge < -0.3 is 14.4 Å². The van der Waals surface area contributed by atoms with Crippen molar-refractivity contribution >= 4 is 11.8 Å². The van der Waals surface area contributed by atoms with Crippen LogP contribution < -0.4 is 15.6 Å².